The van der Waals surface area contributed by atoms with Gasteiger partial charge in [-0.15, -0.1) is 0 Å². The molecule has 0 bridgehead atoms. The number of benzene rings is 2. The van der Waals surface area contributed by atoms with Gasteiger partial charge in [0.25, 0.3) is 0 Å². The summed E-state index contributed by atoms with van der Waals surface area (Å²) in [6, 6.07) is 12.5. The largest absolute Gasteiger partial charge is 0.399 e. The number of anilines is 1. The smallest absolute Gasteiger partial charge is 0.130 e. The summed E-state index contributed by atoms with van der Waals surface area (Å²) < 4.78 is 15.8. The van der Waals surface area contributed by atoms with Gasteiger partial charge in [0.1, 0.15) is 5.82 Å². The van der Waals surface area contributed by atoms with Crippen LogP contribution in [0, 0.1) is 5.82 Å². The second-order valence-electron chi connectivity index (χ2n) is 4.47. The van der Waals surface area contributed by atoms with E-state index in [0.717, 1.165) is 10.9 Å². The molecule has 1 aromatic heterocycles. The Morgan fingerprint density at radius 1 is 1.16 bits per heavy atom. The van der Waals surface area contributed by atoms with Gasteiger partial charge < -0.3 is 10.3 Å². The first kappa shape index (κ1) is 12.1. The molecule has 0 saturated heterocycles. The molecule has 0 atom stereocenters. The number of para-hydroxylation sites is 1. The fourth-order valence-electron chi connectivity index (χ4n) is 2.21. The Kier molecular flexibility index (Phi) is 2.91. The highest BCUT2D eigenvalue weighted by atomic mass is 35.5. The van der Waals surface area contributed by atoms with E-state index in [9.17, 15) is 4.39 Å². The first-order chi connectivity index (χ1) is 9.15. The van der Waals surface area contributed by atoms with Crippen molar-refractivity contribution in [3.05, 3.63) is 65.1 Å². The summed E-state index contributed by atoms with van der Waals surface area (Å²) in [5.74, 6) is -0.297. The second-order valence-corrected chi connectivity index (χ2v) is 4.88. The maximum Gasteiger partial charge on any atom is 0.130 e. The Labute approximate surface area is 115 Å². The van der Waals surface area contributed by atoms with Crippen molar-refractivity contribution in [3.63, 3.8) is 0 Å². The number of nitrogen functional groups attached to an aromatic ring is 1. The van der Waals surface area contributed by atoms with Crippen LogP contribution in [0.25, 0.3) is 10.9 Å². The highest BCUT2D eigenvalue weighted by Crippen LogP contribution is 2.26. The van der Waals surface area contributed by atoms with Gasteiger partial charge in [-0.1, -0.05) is 35.9 Å². The number of halogens is 2. The highest BCUT2D eigenvalue weighted by Gasteiger charge is 2.09. The number of nitrogens with zero attached hydrogens (tertiary/aromatic N) is 1. The van der Waals surface area contributed by atoms with Crippen molar-refractivity contribution in [1.29, 1.82) is 0 Å². The molecule has 2 aromatic carbocycles. The summed E-state index contributed by atoms with van der Waals surface area (Å²) in [6.07, 6.45) is 1.82. The molecule has 0 fully saturated rings. The fraction of sp³-hybridized carbons (Fsp3) is 0.0667. The first-order valence-electron chi connectivity index (χ1n) is 5.92. The Morgan fingerprint density at radius 2 is 1.95 bits per heavy atom. The molecule has 3 aromatic rings. The third-order valence-corrected chi connectivity index (χ3v) is 3.46. The lowest BCUT2D eigenvalue weighted by Gasteiger charge is -2.07. The van der Waals surface area contributed by atoms with Crippen molar-refractivity contribution >= 4 is 28.2 Å². The molecule has 0 saturated carbocycles. The first-order valence-corrected chi connectivity index (χ1v) is 6.30. The SMILES string of the molecule is Nc1ccc(Cn2cc(Cl)c3ccccc32)c(F)c1. The maximum absolute atomic E-state index is 13.8. The van der Waals surface area contributed by atoms with E-state index in [4.69, 9.17) is 17.3 Å². The van der Waals surface area contributed by atoms with Crippen LogP contribution in [-0.4, -0.2) is 4.57 Å². The van der Waals surface area contributed by atoms with E-state index in [1.807, 2.05) is 35.0 Å². The molecule has 96 valence electrons. The Bertz CT molecular complexity index is 749. The average Bonchev–Trinajstić information content (AvgIpc) is 2.71. The van der Waals surface area contributed by atoms with Crippen molar-refractivity contribution in [3.8, 4) is 0 Å². The van der Waals surface area contributed by atoms with Crippen LogP contribution in [0.3, 0.4) is 0 Å². The third kappa shape index (κ3) is 2.17. The second kappa shape index (κ2) is 4.59. The van der Waals surface area contributed by atoms with Gasteiger partial charge in [0.15, 0.2) is 0 Å². The van der Waals surface area contributed by atoms with Crippen LogP contribution >= 0.6 is 11.6 Å². The molecule has 2 nitrogen and oxygen atoms in total. The van der Waals surface area contributed by atoms with Gasteiger partial charge in [-0.25, -0.2) is 4.39 Å². The van der Waals surface area contributed by atoms with Crippen LogP contribution in [0.2, 0.25) is 5.02 Å². The zero-order valence-electron chi connectivity index (χ0n) is 10.1. The van der Waals surface area contributed by atoms with E-state index < -0.39 is 0 Å². The summed E-state index contributed by atoms with van der Waals surface area (Å²) in [5.41, 5.74) is 7.55. The zero-order valence-corrected chi connectivity index (χ0v) is 10.9. The van der Waals surface area contributed by atoms with Gasteiger partial charge in [0, 0.05) is 28.4 Å². The lowest BCUT2D eigenvalue weighted by atomic mass is 10.2. The number of rotatable bonds is 2. The highest BCUT2D eigenvalue weighted by molar-refractivity contribution is 6.35. The van der Waals surface area contributed by atoms with Crippen LogP contribution in [0.15, 0.2) is 48.7 Å². The van der Waals surface area contributed by atoms with Gasteiger partial charge in [0.2, 0.25) is 0 Å². The fourth-order valence-corrected chi connectivity index (χ4v) is 2.49. The molecule has 4 heteroatoms. The molecule has 0 aliphatic heterocycles. The van der Waals surface area contributed by atoms with Crippen LogP contribution in [0.4, 0.5) is 10.1 Å². The van der Waals surface area contributed by atoms with Gasteiger partial charge in [-0.05, 0) is 18.2 Å². The molecule has 19 heavy (non-hydrogen) atoms. The lowest BCUT2D eigenvalue weighted by molar-refractivity contribution is 0.603. The number of fused-ring (bicyclic) bond motifs is 1. The topological polar surface area (TPSA) is 30.9 Å². The van der Waals surface area contributed by atoms with Gasteiger partial charge >= 0.3 is 0 Å². The van der Waals surface area contributed by atoms with Gasteiger partial charge in [-0.2, -0.15) is 0 Å². The number of aromatic nitrogens is 1. The van der Waals surface area contributed by atoms with Crippen LogP contribution in [-0.2, 0) is 6.54 Å². The predicted octanol–water partition coefficient (Wildman–Crippen LogP) is 4.06. The third-order valence-electron chi connectivity index (χ3n) is 3.16. The minimum absolute atomic E-state index is 0.297. The summed E-state index contributed by atoms with van der Waals surface area (Å²) in [5, 5.41) is 1.64. The molecule has 0 aliphatic rings. The number of hydrogen-bond donors (Lipinski definition) is 1. The molecule has 2 N–H and O–H groups in total. The summed E-state index contributed by atoms with van der Waals surface area (Å²) >= 11 is 6.17. The quantitative estimate of drug-likeness (QED) is 0.702. The Hall–Kier alpha value is -2.00. The van der Waals surface area contributed by atoms with E-state index in [2.05, 4.69) is 0 Å². The standard InChI is InChI=1S/C15H12ClFN2/c16-13-9-19(15-4-2-1-3-12(13)15)8-10-5-6-11(18)7-14(10)17/h1-7,9H,8,18H2. The molecule has 3 rings (SSSR count). The van der Waals surface area contributed by atoms with E-state index in [1.165, 1.54) is 6.07 Å². The lowest BCUT2D eigenvalue weighted by Crippen LogP contribution is -2.01. The summed E-state index contributed by atoms with van der Waals surface area (Å²) in [6.45, 7) is 0.430. The van der Waals surface area contributed by atoms with Crippen LogP contribution in [0.1, 0.15) is 5.56 Å². The number of hydrogen-bond acceptors (Lipinski definition) is 1. The monoisotopic (exact) mass is 274 g/mol. The predicted molar refractivity (Wildman–Crippen MR) is 76.9 cm³/mol. The van der Waals surface area contributed by atoms with E-state index in [1.54, 1.807) is 12.1 Å². The molecule has 0 unspecified atom stereocenters. The molecule has 0 aliphatic carbocycles. The molecular weight excluding hydrogens is 263 g/mol. The molecule has 0 amide bonds. The normalized spacial score (nSPS) is 11.1. The van der Waals surface area contributed by atoms with Crippen molar-refractivity contribution < 1.29 is 4.39 Å². The Balaban J connectivity index is 2.06. The number of nitrogens with two attached hydrogens (primary N) is 1. The van der Waals surface area contributed by atoms with Crippen molar-refractivity contribution in [2.24, 2.45) is 0 Å². The summed E-state index contributed by atoms with van der Waals surface area (Å²) in [4.78, 5) is 0. The van der Waals surface area contributed by atoms with Gasteiger partial charge in [0.05, 0.1) is 11.6 Å². The molecule has 0 spiro atoms. The van der Waals surface area contributed by atoms with E-state index in [0.29, 0.717) is 22.8 Å². The van der Waals surface area contributed by atoms with E-state index >= 15 is 0 Å². The van der Waals surface area contributed by atoms with Crippen molar-refractivity contribution in [2.75, 3.05) is 5.73 Å². The molecule has 0 radical (unpaired) electrons. The molecular formula is C15H12ClFN2. The van der Waals surface area contributed by atoms with Crippen LogP contribution in [0.5, 0.6) is 0 Å². The minimum Gasteiger partial charge on any atom is -0.399 e. The molecule has 1 heterocycles. The average molecular weight is 275 g/mol. The zero-order chi connectivity index (χ0) is 13.4. The maximum atomic E-state index is 13.8. The summed E-state index contributed by atoms with van der Waals surface area (Å²) in [7, 11) is 0. The van der Waals surface area contributed by atoms with Gasteiger partial charge in [-0.3, -0.25) is 0 Å². The van der Waals surface area contributed by atoms with Crippen LogP contribution < -0.4 is 5.73 Å². The van der Waals surface area contributed by atoms with Crippen molar-refractivity contribution in [2.45, 2.75) is 6.54 Å². The minimum atomic E-state index is -0.297. The Morgan fingerprint density at radius 3 is 2.74 bits per heavy atom. The van der Waals surface area contributed by atoms with E-state index in [-0.39, 0.29) is 5.82 Å². The van der Waals surface area contributed by atoms with Crippen molar-refractivity contribution in [1.82, 2.24) is 4.57 Å².